The van der Waals surface area contributed by atoms with Gasteiger partial charge in [0.2, 0.25) is 0 Å². The molecule has 0 aromatic heterocycles. The Morgan fingerprint density at radius 1 is 0.795 bits per heavy atom. The summed E-state index contributed by atoms with van der Waals surface area (Å²) in [6.07, 6.45) is 5.75. The summed E-state index contributed by atoms with van der Waals surface area (Å²) in [6.45, 7) is 3.14. The van der Waals surface area contributed by atoms with Crippen molar-refractivity contribution in [1.82, 2.24) is 0 Å². The zero-order valence-corrected chi connectivity index (χ0v) is 22.2. The van der Waals surface area contributed by atoms with Crippen LogP contribution in [0.15, 0.2) is 27.3 Å². The Kier molecular flexibility index (Phi) is 5.90. The van der Waals surface area contributed by atoms with E-state index in [0.29, 0.717) is 67.4 Å². The molecule has 7 nitrogen and oxygen atoms in total. The van der Waals surface area contributed by atoms with E-state index >= 15 is 0 Å². The maximum Gasteiger partial charge on any atom is 0.190 e. The van der Waals surface area contributed by atoms with Gasteiger partial charge in [-0.1, -0.05) is 31.4 Å². The van der Waals surface area contributed by atoms with E-state index in [-0.39, 0.29) is 28.0 Å². The van der Waals surface area contributed by atoms with Crippen molar-refractivity contribution in [2.75, 3.05) is 7.11 Å². The number of allylic oxidation sites excluding steroid dienone is 1. The second-order valence-corrected chi connectivity index (χ2v) is 10.6. The molecule has 0 saturated heterocycles. The van der Waals surface area contributed by atoms with Crippen molar-refractivity contribution >= 4 is 49.2 Å². The maximum absolute atomic E-state index is 13.6. The molecule has 5 aromatic carbocycles. The van der Waals surface area contributed by atoms with Gasteiger partial charge in [0.05, 0.1) is 31.1 Å². The molecule has 0 unspecified atom stereocenters. The lowest BCUT2D eigenvalue weighted by atomic mass is 9.80. The number of hydrogen-bond donors (Lipinski definition) is 4. The summed E-state index contributed by atoms with van der Waals surface area (Å²) in [6, 6.07) is 2.61. The Morgan fingerprint density at radius 2 is 1.38 bits per heavy atom. The molecule has 4 N–H and O–H groups in total. The van der Waals surface area contributed by atoms with Crippen LogP contribution in [0.5, 0.6) is 17.2 Å². The number of methoxy groups -OCH3 is 1. The van der Waals surface area contributed by atoms with E-state index in [9.17, 15) is 30.0 Å². The lowest BCUT2D eigenvalue weighted by Gasteiger charge is -2.24. The van der Waals surface area contributed by atoms with Crippen molar-refractivity contribution in [3.05, 3.63) is 66.0 Å². The largest absolute Gasteiger partial charge is 0.507 e. The summed E-state index contributed by atoms with van der Waals surface area (Å²) in [5.41, 5.74) is 2.85. The molecule has 0 bridgehead atoms. The molecule has 0 saturated carbocycles. The minimum absolute atomic E-state index is 0.0674. The van der Waals surface area contributed by atoms with Gasteiger partial charge in [0.15, 0.2) is 22.4 Å². The quantitative estimate of drug-likeness (QED) is 0.134. The van der Waals surface area contributed by atoms with Crippen LogP contribution < -0.4 is 15.6 Å². The minimum Gasteiger partial charge on any atom is -0.507 e. The van der Waals surface area contributed by atoms with Gasteiger partial charge in [-0.25, -0.2) is 0 Å². The molecule has 7 heteroatoms. The van der Waals surface area contributed by atoms with E-state index in [1.807, 2.05) is 13.0 Å². The number of benzene rings is 5. The fourth-order valence-electron chi connectivity index (χ4n) is 6.76. The Balaban J connectivity index is 2.08. The third-order valence-electron chi connectivity index (χ3n) is 8.31. The third kappa shape index (κ3) is 3.30. The van der Waals surface area contributed by atoms with E-state index in [4.69, 9.17) is 4.74 Å². The molecule has 39 heavy (non-hydrogen) atoms. The average Bonchev–Trinajstić information content (AvgIpc) is 3.06. The van der Waals surface area contributed by atoms with Gasteiger partial charge >= 0.3 is 0 Å². The summed E-state index contributed by atoms with van der Waals surface area (Å²) >= 11 is 0. The highest BCUT2D eigenvalue weighted by Gasteiger charge is 2.32. The van der Waals surface area contributed by atoms with E-state index < -0.39 is 24.1 Å². The van der Waals surface area contributed by atoms with Gasteiger partial charge in [0.25, 0.3) is 0 Å². The first-order chi connectivity index (χ1) is 18.8. The summed E-state index contributed by atoms with van der Waals surface area (Å²) in [4.78, 5) is 27.0. The summed E-state index contributed by atoms with van der Waals surface area (Å²) in [5, 5.41) is 47.3. The van der Waals surface area contributed by atoms with Crippen LogP contribution >= 0.6 is 0 Å². The molecule has 200 valence electrons. The molecular formula is C32H30O7. The standard InChI is InChI=1S/C32H30O7/c1-4-5-6-7-17-18-8-14(2)9-19-25-24(18)28-22(15(12-33)10-20(35)26(28)30(17)37)23-16(13-34)11-21(36)27(29(23)25)31(38)32(19)39-3/h8,10-11,33-34,37-38H,4-7,9,12-13H2,1-3H3. The van der Waals surface area contributed by atoms with Crippen molar-refractivity contribution in [2.45, 2.75) is 59.2 Å². The number of aliphatic hydroxyl groups excluding tert-OH is 2. The van der Waals surface area contributed by atoms with Crippen LogP contribution in [0.25, 0.3) is 49.2 Å². The van der Waals surface area contributed by atoms with Crippen LogP contribution in [0.3, 0.4) is 0 Å². The highest BCUT2D eigenvalue weighted by Crippen LogP contribution is 2.53. The Hall–Kier alpha value is -3.94. The smallest absolute Gasteiger partial charge is 0.190 e. The number of rotatable bonds is 7. The molecule has 6 rings (SSSR count). The number of aliphatic hydroxyl groups is 2. The zero-order chi connectivity index (χ0) is 27.7. The van der Waals surface area contributed by atoms with Crippen LogP contribution in [0, 0.1) is 0 Å². The fourth-order valence-corrected chi connectivity index (χ4v) is 6.76. The van der Waals surface area contributed by atoms with Crippen molar-refractivity contribution in [1.29, 1.82) is 0 Å². The molecule has 0 aliphatic heterocycles. The Morgan fingerprint density at radius 3 is 1.95 bits per heavy atom. The van der Waals surface area contributed by atoms with Crippen LogP contribution in [0.4, 0.5) is 0 Å². The highest BCUT2D eigenvalue weighted by atomic mass is 16.5. The van der Waals surface area contributed by atoms with Gasteiger partial charge in [-0.2, -0.15) is 0 Å². The molecule has 0 spiro atoms. The van der Waals surface area contributed by atoms with Crippen LogP contribution in [0.1, 0.15) is 60.9 Å². The minimum atomic E-state index is -0.464. The number of ether oxygens (including phenoxy) is 1. The zero-order valence-electron chi connectivity index (χ0n) is 22.2. The van der Waals surface area contributed by atoms with Crippen molar-refractivity contribution < 1.29 is 25.2 Å². The van der Waals surface area contributed by atoms with Crippen LogP contribution in [-0.2, 0) is 26.1 Å². The van der Waals surface area contributed by atoms with Crippen molar-refractivity contribution in [2.24, 2.45) is 0 Å². The number of unbranched alkanes of at least 4 members (excludes halogenated alkanes) is 2. The van der Waals surface area contributed by atoms with E-state index in [2.05, 4.69) is 6.92 Å². The predicted molar refractivity (Wildman–Crippen MR) is 154 cm³/mol. The Bertz CT molecular complexity index is 1970. The van der Waals surface area contributed by atoms with Gasteiger partial charge in [-0.05, 0) is 76.6 Å². The van der Waals surface area contributed by atoms with Gasteiger partial charge < -0.3 is 25.2 Å². The second-order valence-electron chi connectivity index (χ2n) is 10.6. The number of hydrogen-bond acceptors (Lipinski definition) is 7. The van der Waals surface area contributed by atoms with Gasteiger partial charge in [0.1, 0.15) is 5.75 Å². The number of aromatic hydroxyl groups is 2. The second kappa shape index (κ2) is 9.07. The van der Waals surface area contributed by atoms with Gasteiger partial charge in [0, 0.05) is 21.9 Å². The molecule has 1 aliphatic rings. The average molecular weight is 527 g/mol. The fraction of sp³-hybridized carbons (Fsp3) is 0.312. The van der Waals surface area contributed by atoms with E-state index in [1.165, 1.54) is 19.2 Å². The molecule has 0 radical (unpaired) electrons. The molecule has 5 aromatic rings. The maximum atomic E-state index is 13.6. The Labute approximate surface area is 223 Å². The highest BCUT2D eigenvalue weighted by molar-refractivity contribution is 6.38. The molecule has 0 amide bonds. The van der Waals surface area contributed by atoms with Gasteiger partial charge in [-0.15, -0.1) is 0 Å². The van der Waals surface area contributed by atoms with E-state index in [0.717, 1.165) is 30.4 Å². The number of phenols is 2. The number of fused-ring (bicyclic) bond motifs is 1. The first-order valence-electron chi connectivity index (χ1n) is 13.3. The SMILES string of the molecule is CCCCCc1c(O)c2c(=O)cc(CO)c3c4c(CO)cc(=O)c5c(O)c(OC)c6c(c(c1C=C(C)C6)c23)c54. The van der Waals surface area contributed by atoms with Crippen molar-refractivity contribution in [3.8, 4) is 17.2 Å². The van der Waals surface area contributed by atoms with Crippen molar-refractivity contribution in [3.63, 3.8) is 0 Å². The molecular weight excluding hydrogens is 496 g/mol. The first-order valence-corrected chi connectivity index (χ1v) is 13.3. The molecule has 0 fully saturated rings. The third-order valence-corrected chi connectivity index (χ3v) is 8.31. The van der Waals surface area contributed by atoms with E-state index in [1.54, 1.807) is 0 Å². The number of phenolic OH excluding ortho intramolecular Hbond substituents is 2. The summed E-state index contributed by atoms with van der Waals surface area (Å²) < 4.78 is 5.70. The van der Waals surface area contributed by atoms with Crippen LogP contribution in [0.2, 0.25) is 0 Å². The molecule has 1 aliphatic carbocycles. The van der Waals surface area contributed by atoms with Gasteiger partial charge in [-0.3, -0.25) is 9.59 Å². The summed E-state index contributed by atoms with van der Waals surface area (Å²) in [5.74, 6) is -0.152. The monoisotopic (exact) mass is 526 g/mol. The molecule has 0 atom stereocenters. The normalized spacial score (nSPS) is 13.3. The molecule has 0 heterocycles. The predicted octanol–water partition coefficient (Wildman–Crippen LogP) is 4.99. The topological polar surface area (TPSA) is 124 Å². The lowest BCUT2D eigenvalue weighted by molar-refractivity contribution is 0.282. The first kappa shape index (κ1) is 25.3. The van der Waals surface area contributed by atoms with Crippen LogP contribution in [-0.4, -0.2) is 27.5 Å². The lowest BCUT2D eigenvalue weighted by Crippen LogP contribution is -2.11. The summed E-state index contributed by atoms with van der Waals surface area (Å²) in [7, 11) is 1.45.